The molecule has 1 aliphatic rings. The monoisotopic (exact) mass is 281 g/mol. The summed E-state index contributed by atoms with van der Waals surface area (Å²) >= 11 is 0. The van der Waals surface area contributed by atoms with Gasteiger partial charge in [0.25, 0.3) is 0 Å². The van der Waals surface area contributed by atoms with E-state index in [4.69, 9.17) is 4.74 Å². The van der Waals surface area contributed by atoms with Crippen LogP contribution in [0.15, 0.2) is 60.7 Å². The highest BCUT2D eigenvalue weighted by Gasteiger charge is 2.18. The molecule has 1 aliphatic heterocycles. The zero-order chi connectivity index (χ0) is 14.3. The minimum atomic E-state index is 0.398. The van der Waals surface area contributed by atoms with Gasteiger partial charge in [0.2, 0.25) is 0 Å². The quantitative estimate of drug-likeness (QED) is 0.904. The van der Waals surface area contributed by atoms with Gasteiger partial charge in [0.05, 0.1) is 6.61 Å². The largest absolute Gasteiger partial charge is 0.380 e. The fourth-order valence-corrected chi connectivity index (χ4v) is 2.99. The lowest BCUT2D eigenvalue weighted by molar-refractivity contribution is 0.0703. The molecule has 1 unspecified atom stereocenters. The maximum atomic E-state index is 5.56. The molecule has 0 amide bonds. The van der Waals surface area contributed by atoms with Crippen molar-refractivity contribution in [2.45, 2.75) is 24.8 Å². The van der Waals surface area contributed by atoms with Crippen molar-refractivity contribution in [2.75, 3.05) is 19.8 Å². The highest BCUT2D eigenvalue weighted by Crippen LogP contribution is 2.24. The molecule has 110 valence electrons. The van der Waals surface area contributed by atoms with E-state index in [9.17, 15) is 0 Å². The Morgan fingerprint density at radius 2 is 1.57 bits per heavy atom. The van der Waals surface area contributed by atoms with Crippen LogP contribution in [0.1, 0.15) is 29.9 Å². The number of nitrogens with one attached hydrogen (secondary N) is 1. The first-order chi connectivity index (χ1) is 10.4. The Bertz CT molecular complexity index is 480. The van der Waals surface area contributed by atoms with Gasteiger partial charge >= 0.3 is 0 Å². The molecule has 21 heavy (non-hydrogen) atoms. The molecule has 1 fully saturated rings. The van der Waals surface area contributed by atoms with E-state index in [1.165, 1.54) is 24.0 Å². The molecule has 2 heteroatoms. The van der Waals surface area contributed by atoms with E-state index >= 15 is 0 Å². The minimum Gasteiger partial charge on any atom is -0.380 e. The highest BCUT2D eigenvalue weighted by atomic mass is 16.5. The van der Waals surface area contributed by atoms with E-state index in [2.05, 4.69) is 66.0 Å². The van der Waals surface area contributed by atoms with Gasteiger partial charge in [-0.3, -0.25) is 0 Å². The summed E-state index contributed by atoms with van der Waals surface area (Å²) < 4.78 is 5.56. The molecule has 1 heterocycles. The molecule has 2 aromatic carbocycles. The third kappa shape index (κ3) is 3.93. The van der Waals surface area contributed by atoms with E-state index < -0.39 is 0 Å². The van der Waals surface area contributed by atoms with E-state index in [1.807, 2.05) is 0 Å². The Balaban J connectivity index is 1.73. The summed E-state index contributed by atoms with van der Waals surface area (Å²) in [4.78, 5) is 0. The molecule has 1 N–H and O–H groups in total. The molecule has 0 aromatic heterocycles. The summed E-state index contributed by atoms with van der Waals surface area (Å²) in [6, 6.07) is 22.0. The smallest absolute Gasteiger partial charge is 0.0619 e. The molecule has 1 atom stereocenters. The Kier molecular flexibility index (Phi) is 5.03. The Hall–Kier alpha value is -1.64. The molecule has 0 spiro atoms. The van der Waals surface area contributed by atoms with Crippen molar-refractivity contribution >= 4 is 0 Å². The molecular weight excluding hydrogens is 258 g/mol. The number of hydrogen-bond acceptors (Lipinski definition) is 2. The third-order valence-corrected chi connectivity index (χ3v) is 4.17. The van der Waals surface area contributed by atoms with Crippen molar-refractivity contribution in [1.82, 2.24) is 5.32 Å². The zero-order valence-corrected chi connectivity index (χ0v) is 12.4. The fraction of sp³-hybridized carbons (Fsp3) is 0.368. The van der Waals surface area contributed by atoms with Crippen LogP contribution in [0.2, 0.25) is 0 Å². The Morgan fingerprint density at radius 1 is 0.952 bits per heavy atom. The lowest BCUT2D eigenvalue weighted by Crippen LogP contribution is -2.39. The highest BCUT2D eigenvalue weighted by molar-refractivity contribution is 5.32. The van der Waals surface area contributed by atoms with Gasteiger partial charge in [0.1, 0.15) is 0 Å². The summed E-state index contributed by atoms with van der Waals surface area (Å²) in [5.74, 6) is 0.398. The van der Waals surface area contributed by atoms with Crippen molar-refractivity contribution < 1.29 is 4.74 Å². The predicted molar refractivity (Wildman–Crippen MR) is 86.6 cm³/mol. The van der Waals surface area contributed by atoms with Crippen LogP contribution < -0.4 is 5.32 Å². The Morgan fingerprint density at radius 3 is 2.10 bits per heavy atom. The van der Waals surface area contributed by atoms with Crippen molar-refractivity contribution in [3.05, 3.63) is 71.8 Å². The van der Waals surface area contributed by atoms with E-state index in [-0.39, 0.29) is 0 Å². The van der Waals surface area contributed by atoms with Crippen molar-refractivity contribution in [3.8, 4) is 0 Å². The maximum absolute atomic E-state index is 5.56. The van der Waals surface area contributed by atoms with E-state index in [0.29, 0.717) is 12.0 Å². The molecule has 0 radical (unpaired) electrons. The van der Waals surface area contributed by atoms with Gasteiger partial charge in [-0.1, -0.05) is 60.7 Å². The first-order valence-electron chi connectivity index (χ1n) is 7.84. The first kappa shape index (κ1) is 14.3. The number of ether oxygens (including phenoxy) is 1. The summed E-state index contributed by atoms with van der Waals surface area (Å²) in [5.41, 5.74) is 2.74. The van der Waals surface area contributed by atoms with Crippen LogP contribution in [-0.2, 0) is 4.74 Å². The van der Waals surface area contributed by atoms with Gasteiger partial charge in [0.15, 0.2) is 0 Å². The minimum absolute atomic E-state index is 0.398. The third-order valence-electron chi connectivity index (χ3n) is 4.17. The SMILES string of the molecule is c1ccc(C(CNC2CCCOC2)c2ccccc2)cc1. The molecule has 2 aromatic rings. The Labute approximate surface area is 127 Å². The van der Waals surface area contributed by atoms with Crippen molar-refractivity contribution in [3.63, 3.8) is 0 Å². The predicted octanol–water partition coefficient (Wildman–Crippen LogP) is 3.59. The van der Waals surface area contributed by atoms with Crippen LogP contribution in [0, 0.1) is 0 Å². The average Bonchev–Trinajstić information content (AvgIpc) is 2.58. The van der Waals surface area contributed by atoms with Crippen molar-refractivity contribution in [1.29, 1.82) is 0 Å². The first-order valence-corrected chi connectivity index (χ1v) is 7.84. The van der Waals surface area contributed by atoms with Gasteiger partial charge < -0.3 is 10.1 Å². The number of hydrogen-bond donors (Lipinski definition) is 1. The van der Waals surface area contributed by atoms with E-state index in [1.54, 1.807) is 0 Å². The second-order valence-corrected chi connectivity index (χ2v) is 5.70. The van der Waals surface area contributed by atoms with E-state index in [0.717, 1.165) is 19.8 Å². The van der Waals surface area contributed by atoms with Crippen LogP contribution in [0.3, 0.4) is 0 Å². The van der Waals surface area contributed by atoms with Gasteiger partial charge in [0, 0.05) is 25.1 Å². The normalized spacial score (nSPS) is 18.8. The molecule has 2 nitrogen and oxygen atoms in total. The van der Waals surface area contributed by atoms with Gasteiger partial charge in [-0.2, -0.15) is 0 Å². The maximum Gasteiger partial charge on any atom is 0.0619 e. The molecule has 1 saturated heterocycles. The molecular formula is C19H23NO. The molecule has 0 bridgehead atoms. The van der Waals surface area contributed by atoms with Crippen LogP contribution in [0.25, 0.3) is 0 Å². The number of rotatable bonds is 5. The molecule has 0 saturated carbocycles. The van der Waals surface area contributed by atoms with Crippen LogP contribution >= 0.6 is 0 Å². The van der Waals surface area contributed by atoms with Gasteiger partial charge in [-0.15, -0.1) is 0 Å². The molecule has 0 aliphatic carbocycles. The summed E-state index contributed by atoms with van der Waals surface area (Å²) in [6.45, 7) is 2.72. The average molecular weight is 281 g/mol. The summed E-state index contributed by atoms with van der Waals surface area (Å²) in [5, 5.41) is 3.69. The number of benzene rings is 2. The van der Waals surface area contributed by atoms with Crippen LogP contribution in [0.5, 0.6) is 0 Å². The standard InChI is InChI=1S/C19H23NO/c1-3-8-16(9-4-1)19(17-10-5-2-6-11-17)14-20-18-12-7-13-21-15-18/h1-6,8-11,18-20H,7,12-15H2. The summed E-state index contributed by atoms with van der Waals surface area (Å²) in [6.07, 6.45) is 2.38. The second kappa shape index (κ2) is 7.39. The summed E-state index contributed by atoms with van der Waals surface area (Å²) in [7, 11) is 0. The van der Waals surface area contributed by atoms with Crippen LogP contribution in [0.4, 0.5) is 0 Å². The topological polar surface area (TPSA) is 21.3 Å². The lowest BCUT2D eigenvalue weighted by Gasteiger charge is -2.26. The van der Waals surface area contributed by atoms with Crippen molar-refractivity contribution in [2.24, 2.45) is 0 Å². The van der Waals surface area contributed by atoms with Gasteiger partial charge in [-0.25, -0.2) is 0 Å². The second-order valence-electron chi connectivity index (χ2n) is 5.70. The van der Waals surface area contributed by atoms with Gasteiger partial charge in [-0.05, 0) is 24.0 Å². The molecule has 3 rings (SSSR count). The zero-order valence-electron chi connectivity index (χ0n) is 12.4. The fourth-order valence-electron chi connectivity index (χ4n) is 2.99. The lowest BCUT2D eigenvalue weighted by atomic mass is 9.91. The van der Waals surface area contributed by atoms with Crippen LogP contribution in [-0.4, -0.2) is 25.8 Å².